The van der Waals surface area contributed by atoms with Crippen LogP contribution in [0.4, 0.5) is 0 Å². The number of ether oxygens (including phenoxy) is 2. The Morgan fingerprint density at radius 1 is 1.58 bits per heavy atom. The van der Waals surface area contributed by atoms with Crippen molar-refractivity contribution in [2.24, 2.45) is 0 Å². The van der Waals surface area contributed by atoms with Gasteiger partial charge in [-0.25, -0.2) is 0 Å². The minimum atomic E-state index is 0.0607. The Balaban J connectivity index is 1.92. The number of hydrogen-bond acceptors (Lipinski definition) is 2. The maximum atomic E-state index is 5.37. The summed E-state index contributed by atoms with van der Waals surface area (Å²) in [6.45, 7) is 3.50. The van der Waals surface area contributed by atoms with Crippen molar-refractivity contribution in [3.8, 4) is 0 Å². The minimum Gasteiger partial charge on any atom is -0.346 e. The van der Waals surface area contributed by atoms with Gasteiger partial charge in [-0.1, -0.05) is 29.8 Å². The highest BCUT2D eigenvalue weighted by molar-refractivity contribution is 5.21. The van der Waals surface area contributed by atoms with Gasteiger partial charge in [0, 0.05) is 0 Å². The predicted molar refractivity (Wildman–Crippen MR) is 45.7 cm³/mol. The van der Waals surface area contributed by atoms with Gasteiger partial charge < -0.3 is 9.47 Å². The van der Waals surface area contributed by atoms with Gasteiger partial charge in [-0.15, -0.1) is 0 Å². The molecule has 1 aromatic carbocycles. The van der Waals surface area contributed by atoms with E-state index < -0.39 is 0 Å². The molecule has 1 fully saturated rings. The van der Waals surface area contributed by atoms with Gasteiger partial charge in [0.1, 0.15) is 6.61 Å². The molecule has 12 heavy (non-hydrogen) atoms. The molecule has 0 radical (unpaired) electrons. The summed E-state index contributed by atoms with van der Waals surface area (Å²) < 4.78 is 10.3. The molecular formula is C10H12O2. The van der Waals surface area contributed by atoms with Crippen molar-refractivity contribution < 1.29 is 9.47 Å². The maximum Gasteiger partial charge on any atom is 0.181 e. The first-order valence-electron chi connectivity index (χ1n) is 4.13. The van der Waals surface area contributed by atoms with Crippen LogP contribution in [0.3, 0.4) is 0 Å². The highest BCUT2D eigenvalue weighted by atomic mass is 16.8. The molecule has 1 aromatic rings. The van der Waals surface area contributed by atoms with E-state index >= 15 is 0 Å². The van der Waals surface area contributed by atoms with Crippen molar-refractivity contribution in [2.45, 2.75) is 19.8 Å². The SMILES string of the molecule is Cc1cccc(COC2CO2)c1. The van der Waals surface area contributed by atoms with E-state index in [0.717, 1.165) is 6.61 Å². The van der Waals surface area contributed by atoms with E-state index in [4.69, 9.17) is 9.47 Å². The van der Waals surface area contributed by atoms with Crippen LogP contribution in [0.25, 0.3) is 0 Å². The quantitative estimate of drug-likeness (QED) is 0.636. The van der Waals surface area contributed by atoms with Gasteiger partial charge in [0.2, 0.25) is 0 Å². The van der Waals surface area contributed by atoms with E-state index in [0.29, 0.717) is 6.61 Å². The molecule has 0 aromatic heterocycles. The third kappa shape index (κ3) is 2.06. The first-order valence-corrected chi connectivity index (χ1v) is 4.13. The normalized spacial score (nSPS) is 20.9. The summed E-state index contributed by atoms with van der Waals surface area (Å²) in [6.07, 6.45) is 0.0607. The van der Waals surface area contributed by atoms with Gasteiger partial charge >= 0.3 is 0 Å². The smallest absolute Gasteiger partial charge is 0.181 e. The fourth-order valence-electron chi connectivity index (χ4n) is 1.13. The molecule has 0 amide bonds. The average Bonchev–Trinajstić information content (AvgIpc) is 2.84. The highest BCUT2D eigenvalue weighted by Gasteiger charge is 2.22. The number of benzene rings is 1. The van der Waals surface area contributed by atoms with Crippen LogP contribution in [0, 0.1) is 6.92 Å². The molecule has 2 rings (SSSR count). The molecule has 2 heteroatoms. The fourth-order valence-corrected chi connectivity index (χ4v) is 1.13. The zero-order valence-electron chi connectivity index (χ0n) is 7.12. The molecule has 0 aliphatic carbocycles. The Kier molecular flexibility index (Phi) is 2.11. The molecule has 1 atom stereocenters. The Hall–Kier alpha value is -0.860. The van der Waals surface area contributed by atoms with Crippen molar-refractivity contribution in [3.63, 3.8) is 0 Å². The summed E-state index contributed by atoms with van der Waals surface area (Å²) in [6, 6.07) is 8.32. The van der Waals surface area contributed by atoms with E-state index in [1.54, 1.807) is 0 Å². The first kappa shape index (κ1) is 7.77. The first-order chi connectivity index (χ1) is 5.84. The summed E-state index contributed by atoms with van der Waals surface area (Å²) in [7, 11) is 0. The molecule has 2 nitrogen and oxygen atoms in total. The monoisotopic (exact) mass is 164 g/mol. The van der Waals surface area contributed by atoms with Crippen LogP contribution in [0.5, 0.6) is 0 Å². The zero-order valence-corrected chi connectivity index (χ0v) is 7.12. The topological polar surface area (TPSA) is 21.8 Å². The second-order valence-electron chi connectivity index (χ2n) is 3.06. The Labute approximate surface area is 72.1 Å². The zero-order chi connectivity index (χ0) is 8.39. The molecule has 1 heterocycles. The molecule has 1 aliphatic rings. The second-order valence-corrected chi connectivity index (χ2v) is 3.06. The Morgan fingerprint density at radius 2 is 2.42 bits per heavy atom. The fraction of sp³-hybridized carbons (Fsp3) is 0.400. The third-order valence-electron chi connectivity index (χ3n) is 1.82. The lowest BCUT2D eigenvalue weighted by Crippen LogP contribution is -1.95. The standard InChI is InChI=1S/C10H12O2/c1-8-3-2-4-9(5-8)6-11-10-7-12-10/h2-5,10H,6-7H2,1H3. The van der Waals surface area contributed by atoms with Crippen molar-refractivity contribution in [1.82, 2.24) is 0 Å². The number of aryl methyl sites for hydroxylation is 1. The van der Waals surface area contributed by atoms with Crippen LogP contribution in [0.2, 0.25) is 0 Å². The lowest BCUT2D eigenvalue weighted by Gasteiger charge is -2.01. The van der Waals surface area contributed by atoms with Crippen LogP contribution in [0.15, 0.2) is 24.3 Å². The van der Waals surface area contributed by atoms with E-state index in [-0.39, 0.29) is 6.29 Å². The highest BCUT2D eigenvalue weighted by Crippen LogP contribution is 2.14. The summed E-state index contributed by atoms with van der Waals surface area (Å²) in [5.74, 6) is 0. The van der Waals surface area contributed by atoms with Crippen LogP contribution < -0.4 is 0 Å². The predicted octanol–water partition coefficient (Wildman–Crippen LogP) is 1.87. The van der Waals surface area contributed by atoms with E-state index in [2.05, 4.69) is 25.1 Å². The van der Waals surface area contributed by atoms with Gasteiger partial charge in [-0.2, -0.15) is 0 Å². The van der Waals surface area contributed by atoms with Gasteiger partial charge in [0.05, 0.1) is 6.61 Å². The molecular weight excluding hydrogens is 152 g/mol. The Bertz CT molecular complexity index is 266. The minimum absolute atomic E-state index is 0.0607. The molecule has 0 spiro atoms. The van der Waals surface area contributed by atoms with Crippen molar-refractivity contribution in [1.29, 1.82) is 0 Å². The Morgan fingerprint density at radius 3 is 3.08 bits per heavy atom. The van der Waals surface area contributed by atoms with E-state index in [1.807, 2.05) is 6.07 Å². The van der Waals surface area contributed by atoms with Crippen molar-refractivity contribution in [2.75, 3.05) is 6.61 Å². The molecule has 1 aliphatic heterocycles. The number of hydrogen-bond donors (Lipinski definition) is 0. The molecule has 0 bridgehead atoms. The summed E-state index contributed by atoms with van der Waals surface area (Å²) >= 11 is 0. The van der Waals surface area contributed by atoms with Gasteiger partial charge in [0.25, 0.3) is 0 Å². The van der Waals surface area contributed by atoms with Crippen molar-refractivity contribution >= 4 is 0 Å². The van der Waals surface area contributed by atoms with Crippen LogP contribution in [-0.2, 0) is 16.1 Å². The van der Waals surface area contributed by atoms with Crippen LogP contribution in [-0.4, -0.2) is 12.9 Å². The van der Waals surface area contributed by atoms with Crippen LogP contribution in [0.1, 0.15) is 11.1 Å². The third-order valence-corrected chi connectivity index (χ3v) is 1.82. The second kappa shape index (κ2) is 3.25. The average molecular weight is 164 g/mol. The van der Waals surface area contributed by atoms with Gasteiger partial charge in [-0.3, -0.25) is 0 Å². The van der Waals surface area contributed by atoms with E-state index in [1.165, 1.54) is 11.1 Å². The number of epoxide rings is 1. The molecule has 1 unspecified atom stereocenters. The maximum absolute atomic E-state index is 5.37. The van der Waals surface area contributed by atoms with Crippen LogP contribution >= 0.6 is 0 Å². The summed E-state index contributed by atoms with van der Waals surface area (Å²) in [5.41, 5.74) is 2.48. The summed E-state index contributed by atoms with van der Waals surface area (Å²) in [5, 5.41) is 0. The summed E-state index contributed by atoms with van der Waals surface area (Å²) in [4.78, 5) is 0. The largest absolute Gasteiger partial charge is 0.346 e. The number of rotatable bonds is 3. The molecule has 0 saturated carbocycles. The van der Waals surface area contributed by atoms with Gasteiger partial charge in [-0.05, 0) is 12.5 Å². The molecule has 64 valence electrons. The van der Waals surface area contributed by atoms with Gasteiger partial charge in [0.15, 0.2) is 6.29 Å². The molecule has 1 saturated heterocycles. The van der Waals surface area contributed by atoms with E-state index in [9.17, 15) is 0 Å². The van der Waals surface area contributed by atoms with Crippen molar-refractivity contribution in [3.05, 3.63) is 35.4 Å². The lowest BCUT2D eigenvalue weighted by molar-refractivity contribution is 0.0386. The molecule has 0 N–H and O–H groups in total. The lowest BCUT2D eigenvalue weighted by atomic mass is 10.1.